The third-order valence-electron chi connectivity index (χ3n) is 3.89. The maximum Gasteiger partial charge on any atom is 0.271 e. The van der Waals surface area contributed by atoms with Gasteiger partial charge in [0.25, 0.3) is 5.69 Å². The van der Waals surface area contributed by atoms with Gasteiger partial charge in [0.15, 0.2) is 0 Å². The van der Waals surface area contributed by atoms with Gasteiger partial charge in [0, 0.05) is 17.7 Å². The van der Waals surface area contributed by atoms with E-state index in [0.717, 1.165) is 15.8 Å². The zero-order chi connectivity index (χ0) is 20.1. The van der Waals surface area contributed by atoms with Crippen molar-refractivity contribution in [2.75, 3.05) is 5.43 Å². The van der Waals surface area contributed by atoms with Crippen molar-refractivity contribution in [1.82, 2.24) is 4.98 Å². The number of non-ortho nitro benzene ring substituents is 1. The number of benzene rings is 3. The van der Waals surface area contributed by atoms with Crippen molar-refractivity contribution in [2.24, 2.45) is 15.3 Å². The molecule has 29 heavy (non-hydrogen) atoms. The fourth-order valence-electron chi connectivity index (χ4n) is 2.53. The molecule has 0 saturated heterocycles. The number of nitro benzene ring substituents is 1. The summed E-state index contributed by atoms with van der Waals surface area (Å²) in [5.74, 6) is 0.330. The lowest BCUT2D eigenvalue weighted by atomic mass is 10.2. The molecule has 0 aliphatic rings. The first-order chi connectivity index (χ1) is 14.2. The monoisotopic (exact) mass is 402 g/mol. The molecular weight excluding hydrogens is 388 g/mol. The van der Waals surface area contributed by atoms with Crippen LogP contribution >= 0.6 is 11.3 Å². The molecule has 0 radical (unpaired) electrons. The lowest BCUT2D eigenvalue weighted by molar-refractivity contribution is -0.384. The third kappa shape index (κ3) is 4.47. The minimum Gasteiger partial charge on any atom is -0.276 e. The molecule has 1 aromatic heterocycles. The molecule has 0 saturated carbocycles. The Morgan fingerprint density at radius 1 is 1.00 bits per heavy atom. The quantitative estimate of drug-likeness (QED) is 0.150. The summed E-state index contributed by atoms with van der Waals surface area (Å²) in [5, 5.41) is 24.3. The van der Waals surface area contributed by atoms with Crippen LogP contribution in [0.5, 0.6) is 0 Å². The summed E-state index contributed by atoms with van der Waals surface area (Å²) in [6.45, 7) is 0. The topological polar surface area (TPSA) is 105 Å². The molecule has 3 aromatic carbocycles. The predicted octanol–water partition coefficient (Wildman–Crippen LogP) is 5.76. The van der Waals surface area contributed by atoms with E-state index in [1.54, 1.807) is 12.1 Å². The van der Waals surface area contributed by atoms with Gasteiger partial charge in [0.05, 0.1) is 20.8 Å². The van der Waals surface area contributed by atoms with Crippen LogP contribution in [-0.2, 0) is 0 Å². The highest BCUT2D eigenvalue weighted by Crippen LogP contribution is 2.28. The number of fused-ring (bicyclic) bond motifs is 1. The minimum absolute atomic E-state index is 0.0254. The van der Waals surface area contributed by atoms with Crippen LogP contribution in [0.2, 0.25) is 0 Å². The summed E-state index contributed by atoms with van der Waals surface area (Å²) in [5.41, 5.74) is 4.87. The van der Waals surface area contributed by atoms with Gasteiger partial charge in [-0.05, 0) is 18.2 Å². The normalized spacial score (nSPS) is 11.8. The molecule has 0 unspecified atom stereocenters. The Balaban J connectivity index is 1.63. The van der Waals surface area contributed by atoms with Crippen molar-refractivity contribution in [2.45, 2.75) is 0 Å². The van der Waals surface area contributed by atoms with E-state index in [0.29, 0.717) is 16.7 Å². The van der Waals surface area contributed by atoms with Gasteiger partial charge in [-0.2, -0.15) is 5.10 Å². The summed E-state index contributed by atoms with van der Waals surface area (Å²) >= 11 is 1.43. The Kier molecular flexibility index (Phi) is 5.30. The minimum atomic E-state index is -0.458. The van der Waals surface area contributed by atoms with E-state index in [4.69, 9.17) is 0 Å². The number of azo groups is 1. The molecule has 0 atom stereocenters. The number of para-hydroxylation sites is 1. The maximum atomic E-state index is 10.9. The molecule has 0 fully saturated rings. The molecule has 0 amide bonds. The molecule has 1 N–H and O–H groups in total. The molecule has 1 heterocycles. The highest BCUT2D eigenvalue weighted by molar-refractivity contribution is 7.21. The number of rotatable bonds is 5. The number of hydrazone groups is 1. The number of nitro groups is 1. The highest BCUT2D eigenvalue weighted by Gasteiger charge is 2.07. The van der Waals surface area contributed by atoms with Crippen molar-refractivity contribution in [3.63, 3.8) is 0 Å². The molecule has 8 nitrogen and oxygen atoms in total. The van der Waals surface area contributed by atoms with E-state index in [2.05, 4.69) is 25.7 Å². The second kappa shape index (κ2) is 8.36. The van der Waals surface area contributed by atoms with E-state index < -0.39 is 4.92 Å². The van der Waals surface area contributed by atoms with Crippen molar-refractivity contribution in [3.05, 3.63) is 94.5 Å². The lowest BCUT2D eigenvalue weighted by Crippen LogP contribution is -2.01. The van der Waals surface area contributed by atoms with Crippen molar-refractivity contribution >= 4 is 43.9 Å². The first-order valence-corrected chi connectivity index (χ1v) is 9.41. The van der Waals surface area contributed by atoms with Gasteiger partial charge in [-0.25, -0.2) is 4.98 Å². The summed E-state index contributed by atoms with van der Waals surface area (Å²) in [6.07, 6.45) is 0. The molecule has 0 spiro atoms. The van der Waals surface area contributed by atoms with Gasteiger partial charge in [-0.1, -0.05) is 59.9 Å². The average molecular weight is 402 g/mol. The highest BCUT2D eigenvalue weighted by atomic mass is 32.1. The first-order valence-electron chi connectivity index (χ1n) is 8.60. The Morgan fingerprint density at radius 2 is 1.79 bits per heavy atom. The summed E-state index contributed by atoms with van der Waals surface area (Å²) in [4.78, 5) is 14.9. The Bertz CT molecular complexity index is 1190. The lowest BCUT2D eigenvalue weighted by Gasteiger charge is -2.03. The molecule has 9 heteroatoms. The summed E-state index contributed by atoms with van der Waals surface area (Å²) < 4.78 is 1.02. The number of hydrogen-bond donors (Lipinski definition) is 1. The number of amidine groups is 1. The number of hydrogen-bond acceptors (Lipinski definition) is 7. The van der Waals surface area contributed by atoms with Crippen molar-refractivity contribution < 1.29 is 4.92 Å². The Morgan fingerprint density at radius 3 is 2.59 bits per heavy atom. The third-order valence-corrected chi connectivity index (χ3v) is 4.81. The van der Waals surface area contributed by atoms with Gasteiger partial charge in [0.1, 0.15) is 0 Å². The van der Waals surface area contributed by atoms with Gasteiger partial charge in [-0.3, -0.25) is 15.5 Å². The zero-order valence-corrected chi connectivity index (χ0v) is 15.8. The zero-order valence-electron chi connectivity index (χ0n) is 15.0. The summed E-state index contributed by atoms with van der Waals surface area (Å²) in [6, 6.07) is 23.2. The van der Waals surface area contributed by atoms with Gasteiger partial charge in [-0.15, -0.1) is 10.2 Å². The largest absolute Gasteiger partial charge is 0.276 e. The number of nitrogens with one attached hydrogen (secondary N) is 1. The number of anilines is 1. The molecule has 142 valence electrons. The number of aromatic nitrogens is 1. The second-order valence-electron chi connectivity index (χ2n) is 5.88. The van der Waals surface area contributed by atoms with Crippen molar-refractivity contribution in [3.8, 4) is 0 Å². The van der Waals surface area contributed by atoms with E-state index >= 15 is 0 Å². The van der Waals surface area contributed by atoms with Crippen LogP contribution in [0.4, 0.5) is 16.5 Å². The molecule has 0 bridgehead atoms. The van der Waals surface area contributed by atoms with Crippen LogP contribution in [0.3, 0.4) is 0 Å². The van der Waals surface area contributed by atoms with E-state index in [1.807, 2.05) is 54.6 Å². The second-order valence-corrected chi connectivity index (χ2v) is 6.89. The molecule has 4 aromatic rings. The molecule has 4 rings (SSSR count). The molecule has 0 aliphatic carbocycles. The first kappa shape index (κ1) is 18.4. The van der Waals surface area contributed by atoms with E-state index in [9.17, 15) is 10.1 Å². The summed E-state index contributed by atoms with van der Waals surface area (Å²) in [7, 11) is 0. The van der Waals surface area contributed by atoms with Crippen LogP contribution in [-0.4, -0.2) is 15.7 Å². The predicted molar refractivity (Wildman–Crippen MR) is 114 cm³/mol. The van der Waals surface area contributed by atoms with Gasteiger partial charge < -0.3 is 0 Å². The Labute approximate surface area is 169 Å². The van der Waals surface area contributed by atoms with Crippen LogP contribution in [0, 0.1) is 10.1 Å². The molecule has 0 aliphatic heterocycles. The van der Waals surface area contributed by atoms with Crippen LogP contribution in [0.1, 0.15) is 5.56 Å². The molecular formula is C20H14N6O2S. The SMILES string of the molecule is O=[N+]([O-])c1cccc(N/N=C(/N=Nc2nc3ccccc3s2)c2ccccc2)c1. The van der Waals surface area contributed by atoms with E-state index in [1.165, 1.54) is 23.5 Å². The number of nitrogens with zero attached hydrogens (tertiary/aromatic N) is 5. The smallest absolute Gasteiger partial charge is 0.271 e. The fraction of sp³-hybridized carbons (Fsp3) is 0. The van der Waals surface area contributed by atoms with Crippen LogP contribution < -0.4 is 5.43 Å². The average Bonchev–Trinajstić information content (AvgIpc) is 3.17. The van der Waals surface area contributed by atoms with Gasteiger partial charge in [0.2, 0.25) is 11.0 Å². The maximum absolute atomic E-state index is 10.9. The Hall–Kier alpha value is -3.98. The van der Waals surface area contributed by atoms with Gasteiger partial charge >= 0.3 is 0 Å². The standard InChI is InChI=1S/C20H14N6O2S/c27-26(28)16-10-6-9-15(13-16)22-23-19(14-7-2-1-3-8-14)24-25-20-21-17-11-4-5-12-18(17)29-20/h1-13,22H/b23-19+,25-24?. The number of thiazole rings is 1. The van der Waals surface area contributed by atoms with Crippen molar-refractivity contribution in [1.29, 1.82) is 0 Å². The van der Waals surface area contributed by atoms with Crippen LogP contribution in [0.25, 0.3) is 10.2 Å². The van der Waals surface area contributed by atoms with E-state index in [-0.39, 0.29) is 5.69 Å². The fourth-order valence-corrected chi connectivity index (χ4v) is 3.32. The van der Waals surface area contributed by atoms with Crippen LogP contribution in [0.15, 0.2) is 94.2 Å².